The fourth-order valence-corrected chi connectivity index (χ4v) is 1.68. The number of rotatable bonds is 4. The zero-order chi connectivity index (χ0) is 11.4. The summed E-state index contributed by atoms with van der Waals surface area (Å²) in [5.41, 5.74) is 0.211. The van der Waals surface area contributed by atoms with Crippen molar-refractivity contribution in [3.8, 4) is 0 Å². The summed E-state index contributed by atoms with van der Waals surface area (Å²) in [4.78, 5) is 4.12. The highest BCUT2D eigenvalue weighted by atomic mass is 16.5. The molecule has 16 heavy (non-hydrogen) atoms. The van der Waals surface area contributed by atoms with E-state index in [1.165, 1.54) is 0 Å². The summed E-state index contributed by atoms with van der Waals surface area (Å²) in [6, 6.07) is 3.78. The van der Waals surface area contributed by atoms with Crippen LogP contribution in [0.1, 0.15) is 6.42 Å². The average Bonchev–Trinajstić information content (AvgIpc) is 2.75. The van der Waals surface area contributed by atoms with Crippen molar-refractivity contribution in [2.45, 2.75) is 12.0 Å². The highest BCUT2D eigenvalue weighted by Gasteiger charge is 2.31. The number of hydrogen-bond donors (Lipinski definition) is 3. The van der Waals surface area contributed by atoms with Crippen LogP contribution in [0.4, 0.5) is 11.5 Å². The van der Waals surface area contributed by atoms with Gasteiger partial charge in [-0.05, 0) is 6.07 Å². The van der Waals surface area contributed by atoms with Crippen molar-refractivity contribution in [1.29, 1.82) is 0 Å². The molecule has 1 aliphatic heterocycles. The summed E-state index contributed by atoms with van der Waals surface area (Å²) >= 11 is 0. The maximum atomic E-state index is 10.1. The van der Waals surface area contributed by atoms with E-state index in [0.717, 1.165) is 11.5 Å². The molecule has 0 radical (unpaired) electrons. The zero-order valence-electron chi connectivity index (χ0n) is 9.36. The van der Waals surface area contributed by atoms with Crippen molar-refractivity contribution in [1.82, 2.24) is 4.98 Å². The van der Waals surface area contributed by atoms with Crippen LogP contribution in [-0.2, 0) is 4.74 Å². The predicted octanol–water partition coefficient (Wildman–Crippen LogP) is 0.687. The van der Waals surface area contributed by atoms with E-state index in [0.29, 0.717) is 26.2 Å². The van der Waals surface area contributed by atoms with E-state index in [1.807, 2.05) is 19.2 Å². The van der Waals surface area contributed by atoms with E-state index in [9.17, 15) is 5.11 Å². The molecule has 88 valence electrons. The van der Waals surface area contributed by atoms with Crippen molar-refractivity contribution in [3.63, 3.8) is 0 Å². The van der Waals surface area contributed by atoms with E-state index in [4.69, 9.17) is 4.74 Å². The summed E-state index contributed by atoms with van der Waals surface area (Å²) in [6.07, 6.45) is 2.41. The third-order valence-electron chi connectivity index (χ3n) is 2.72. The summed E-state index contributed by atoms with van der Waals surface area (Å²) in [7, 11) is 1.82. The van der Waals surface area contributed by atoms with Gasteiger partial charge in [0.05, 0.1) is 6.61 Å². The van der Waals surface area contributed by atoms with Crippen LogP contribution in [0.2, 0.25) is 0 Å². The van der Waals surface area contributed by atoms with Gasteiger partial charge in [0.2, 0.25) is 0 Å². The number of pyridine rings is 1. The molecule has 1 atom stereocenters. The summed E-state index contributed by atoms with van der Waals surface area (Å²) in [6.45, 7) is 1.54. The van der Waals surface area contributed by atoms with Gasteiger partial charge in [0.15, 0.2) is 0 Å². The van der Waals surface area contributed by atoms with Crippen LogP contribution in [0.5, 0.6) is 0 Å². The smallest absolute Gasteiger partial charge is 0.127 e. The van der Waals surface area contributed by atoms with Crippen LogP contribution in [0.25, 0.3) is 0 Å². The minimum Gasteiger partial charge on any atom is -0.386 e. The molecule has 0 bridgehead atoms. The lowest BCUT2D eigenvalue weighted by Crippen LogP contribution is -2.37. The van der Waals surface area contributed by atoms with Gasteiger partial charge in [0.1, 0.15) is 11.4 Å². The first-order chi connectivity index (χ1) is 7.72. The van der Waals surface area contributed by atoms with E-state index in [-0.39, 0.29) is 0 Å². The van der Waals surface area contributed by atoms with E-state index in [2.05, 4.69) is 15.6 Å². The molecule has 1 aromatic rings. The van der Waals surface area contributed by atoms with Gasteiger partial charge < -0.3 is 20.5 Å². The fourth-order valence-electron chi connectivity index (χ4n) is 1.68. The molecule has 1 unspecified atom stereocenters. The first kappa shape index (κ1) is 11.2. The average molecular weight is 223 g/mol. The third-order valence-corrected chi connectivity index (χ3v) is 2.72. The Morgan fingerprint density at radius 2 is 2.50 bits per heavy atom. The number of nitrogens with zero attached hydrogens (tertiary/aromatic N) is 1. The highest BCUT2D eigenvalue weighted by molar-refractivity contribution is 5.51. The normalized spacial score (nSPS) is 24.4. The quantitative estimate of drug-likeness (QED) is 0.700. The number of ether oxygens (including phenoxy) is 1. The van der Waals surface area contributed by atoms with Crippen molar-refractivity contribution in [2.24, 2.45) is 0 Å². The second-order valence-electron chi connectivity index (χ2n) is 4.06. The van der Waals surface area contributed by atoms with Crippen molar-refractivity contribution in [2.75, 3.05) is 37.4 Å². The molecule has 0 spiro atoms. The Morgan fingerprint density at radius 1 is 1.62 bits per heavy atom. The highest BCUT2D eigenvalue weighted by Crippen LogP contribution is 2.19. The molecule has 0 saturated carbocycles. The molecule has 1 saturated heterocycles. The number of anilines is 2. The van der Waals surface area contributed by atoms with E-state index in [1.54, 1.807) is 6.20 Å². The largest absolute Gasteiger partial charge is 0.386 e. The maximum absolute atomic E-state index is 10.1. The lowest BCUT2D eigenvalue weighted by atomic mass is 10.0. The molecular weight excluding hydrogens is 206 g/mol. The van der Waals surface area contributed by atoms with Gasteiger partial charge in [-0.25, -0.2) is 4.98 Å². The number of aromatic nitrogens is 1. The first-order valence-electron chi connectivity index (χ1n) is 5.40. The Bertz CT molecular complexity index is 351. The fraction of sp³-hybridized carbons (Fsp3) is 0.545. The standard InChI is InChI=1S/C11H17N3O2/c1-12-10-6-9(2-4-13-10)14-7-11(15)3-5-16-8-11/h2,4,6,15H,3,5,7-8H2,1H3,(H2,12,13,14). The van der Waals surface area contributed by atoms with Gasteiger partial charge in [0.25, 0.3) is 0 Å². The number of aliphatic hydroxyl groups is 1. The van der Waals surface area contributed by atoms with Gasteiger partial charge in [0, 0.05) is 44.6 Å². The minimum atomic E-state index is -0.733. The van der Waals surface area contributed by atoms with Gasteiger partial charge in [-0.2, -0.15) is 0 Å². The van der Waals surface area contributed by atoms with Crippen LogP contribution in [0.3, 0.4) is 0 Å². The Labute approximate surface area is 94.8 Å². The van der Waals surface area contributed by atoms with Crippen LogP contribution < -0.4 is 10.6 Å². The lowest BCUT2D eigenvalue weighted by molar-refractivity contribution is 0.0382. The molecule has 5 heteroatoms. The summed E-state index contributed by atoms with van der Waals surface area (Å²) in [5, 5.41) is 16.2. The second-order valence-corrected chi connectivity index (χ2v) is 4.06. The van der Waals surface area contributed by atoms with Gasteiger partial charge >= 0.3 is 0 Å². The molecule has 1 aliphatic rings. The summed E-state index contributed by atoms with van der Waals surface area (Å²) in [5.74, 6) is 0.805. The summed E-state index contributed by atoms with van der Waals surface area (Å²) < 4.78 is 5.18. The lowest BCUT2D eigenvalue weighted by Gasteiger charge is -2.21. The molecule has 0 amide bonds. The van der Waals surface area contributed by atoms with Crippen LogP contribution in [0.15, 0.2) is 18.3 Å². The third kappa shape index (κ3) is 2.62. The zero-order valence-corrected chi connectivity index (χ0v) is 9.36. The van der Waals surface area contributed by atoms with Crippen molar-refractivity contribution >= 4 is 11.5 Å². The van der Waals surface area contributed by atoms with Gasteiger partial charge in [-0.3, -0.25) is 0 Å². The predicted molar refractivity (Wildman–Crippen MR) is 62.7 cm³/mol. The Balaban J connectivity index is 1.93. The van der Waals surface area contributed by atoms with Gasteiger partial charge in [-0.1, -0.05) is 0 Å². The Kier molecular flexibility index (Phi) is 3.26. The second kappa shape index (κ2) is 4.67. The minimum absolute atomic E-state index is 0.407. The van der Waals surface area contributed by atoms with E-state index < -0.39 is 5.60 Å². The number of hydrogen-bond acceptors (Lipinski definition) is 5. The maximum Gasteiger partial charge on any atom is 0.127 e. The topological polar surface area (TPSA) is 66.4 Å². The molecule has 1 fully saturated rings. The van der Waals surface area contributed by atoms with Gasteiger partial charge in [-0.15, -0.1) is 0 Å². The molecule has 0 aliphatic carbocycles. The molecule has 3 N–H and O–H groups in total. The Hall–Kier alpha value is -1.33. The molecule has 1 aromatic heterocycles. The number of nitrogens with one attached hydrogen (secondary N) is 2. The van der Waals surface area contributed by atoms with Crippen LogP contribution in [-0.4, -0.2) is 42.5 Å². The Morgan fingerprint density at radius 3 is 3.19 bits per heavy atom. The molecule has 2 heterocycles. The molecular formula is C11H17N3O2. The first-order valence-corrected chi connectivity index (χ1v) is 5.40. The SMILES string of the molecule is CNc1cc(NCC2(O)CCOC2)ccn1. The molecule has 5 nitrogen and oxygen atoms in total. The van der Waals surface area contributed by atoms with Crippen LogP contribution >= 0.6 is 0 Å². The van der Waals surface area contributed by atoms with Crippen molar-refractivity contribution < 1.29 is 9.84 Å². The molecule has 2 rings (SSSR count). The van der Waals surface area contributed by atoms with Crippen LogP contribution in [0, 0.1) is 0 Å². The molecule has 0 aromatic carbocycles. The van der Waals surface area contributed by atoms with E-state index >= 15 is 0 Å². The van der Waals surface area contributed by atoms with Crippen molar-refractivity contribution in [3.05, 3.63) is 18.3 Å². The monoisotopic (exact) mass is 223 g/mol.